The minimum atomic E-state index is -2.79. The average Bonchev–Trinajstić information content (AvgIpc) is 2.47. The third kappa shape index (κ3) is 2.83. The van der Waals surface area contributed by atoms with E-state index >= 15 is 0 Å². The van der Waals surface area contributed by atoms with Crippen LogP contribution >= 0.6 is 0 Å². The lowest BCUT2D eigenvalue weighted by Gasteiger charge is -2.27. The minimum Gasteiger partial charge on any atom is -0.390 e. The highest BCUT2D eigenvalue weighted by Crippen LogP contribution is 2.10. The predicted molar refractivity (Wildman–Crippen MR) is 82.5 cm³/mol. The molecule has 0 aliphatic heterocycles. The van der Waals surface area contributed by atoms with Gasteiger partial charge in [-0.3, -0.25) is 0 Å². The molecule has 2 aromatic carbocycles. The fraction of sp³-hybridized carbons (Fsp3) is 0.250. The molecule has 0 saturated heterocycles. The van der Waals surface area contributed by atoms with E-state index in [0.29, 0.717) is 0 Å². The van der Waals surface area contributed by atoms with Crippen molar-refractivity contribution >= 4 is 18.9 Å². The standard InChI is InChI=1S/C16H20O3Si/c1-13-5-9-15(10-6-13)20(18-4,19-17-3)16-11-7-14(2)8-12-16/h5-12H,1-4H3. The van der Waals surface area contributed by atoms with Gasteiger partial charge >= 0.3 is 8.56 Å². The van der Waals surface area contributed by atoms with E-state index < -0.39 is 8.56 Å². The molecule has 0 radical (unpaired) electrons. The van der Waals surface area contributed by atoms with Crippen LogP contribution in [0.5, 0.6) is 0 Å². The van der Waals surface area contributed by atoms with Crippen LogP contribution in [0.4, 0.5) is 0 Å². The normalized spacial score (nSPS) is 11.6. The number of aryl methyl sites for hydroxylation is 2. The summed E-state index contributed by atoms with van der Waals surface area (Å²) in [6, 6.07) is 16.4. The van der Waals surface area contributed by atoms with E-state index in [0.717, 1.165) is 10.4 Å². The Morgan fingerprint density at radius 1 is 0.700 bits per heavy atom. The first-order valence-electron chi connectivity index (χ1n) is 6.53. The van der Waals surface area contributed by atoms with Crippen LogP contribution < -0.4 is 10.4 Å². The Morgan fingerprint density at radius 3 is 1.40 bits per heavy atom. The fourth-order valence-corrected chi connectivity index (χ4v) is 4.71. The highest BCUT2D eigenvalue weighted by Gasteiger charge is 2.43. The van der Waals surface area contributed by atoms with Gasteiger partial charge in [0.2, 0.25) is 0 Å². The lowest BCUT2D eigenvalue weighted by molar-refractivity contribution is -0.200. The van der Waals surface area contributed by atoms with Crippen LogP contribution in [0.15, 0.2) is 48.5 Å². The van der Waals surface area contributed by atoms with Crippen LogP contribution in [0.3, 0.4) is 0 Å². The molecule has 2 aromatic rings. The third-order valence-electron chi connectivity index (χ3n) is 3.35. The van der Waals surface area contributed by atoms with Crippen LogP contribution in [0, 0.1) is 13.8 Å². The van der Waals surface area contributed by atoms with E-state index in [9.17, 15) is 0 Å². The summed E-state index contributed by atoms with van der Waals surface area (Å²) >= 11 is 0. The average molecular weight is 288 g/mol. The van der Waals surface area contributed by atoms with Crippen molar-refractivity contribution in [1.29, 1.82) is 0 Å². The van der Waals surface area contributed by atoms with Crippen molar-refractivity contribution in [2.75, 3.05) is 14.2 Å². The third-order valence-corrected chi connectivity index (χ3v) is 6.51. The van der Waals surface area contributed by atoms with Crippen molar-refractivity contribution in [3.05, 3.63) is 59.7 Å². The summed E-state index contributed by atoms with van der Waals surface area (Å²) in [6.07, 6.45) is 0. The second kappa shape index (κ2) is 6.32. The summed E-state index contributed by atoms with van der Waals surface area (Å²) < 4.78 is 11.5. The molecule has 0 bridgehead atoms. The Bertz CT molecular complexity index is 503. The first-order valence-corrected chi connectivity index (χ1v) is 8.35. The molecular formula is C16H20O3Si. The largest absolute Gasteiger partial charge is 0.439 e. The Labute approximate surface area is 121 Å². The van der Waals surface area contributed by atoms with Crippen molar-refractivity contribution < 1.29 is 13.9 Å². The zero-order valence-electron chi connectivity index (χ0n) is 12.3. The van der Waals surface area contributed by atoms with Crippen LogP contribution in [0.2, 0.25) is 0 Å². The lowest BCUT2D eigenvalue weighted by atomic mass is 10.2. The maximum Gasteiger partial charge on any atom is 0.439 e. The lowest BCUT2D eigenvalue weighted by Crippen LogP contribution is -2.62. The van der Waals surface area contributed by atoms with Crippen LogP contribution in [0.25, 0.3) is 0 Å². The maximum absolute atomic E-state index is 5.82. The number of hydrogen-bond donors (Lipinski definition) is 0. The van der Waals surface area contributed by atoms with Gasteiger partial charge < -0.3 is 4.43 Å². The van der Waals surface area contributed by atoms with Crippen molar-refractivity contribution in [2.45, 2.75) is 13.8 Å². The smallest absolute Gasteiger partial charge is 0.390 e. The second-order valence-electron chi connectivity index (χ2n) is 4.80. The van der Waals surface area contributed by atoms with Gasteiger partial charge in [-0.2, -0.15) is 0 Å². The van der Waals surface area contributed by atoms with E-state index in [1.165, 1.54) is 18.2 Å². The van der Waals surface area contributed by atoms with Gasteiger partial charge in [-0.05, 0) is 13.8 Å². The minimum absolute atomic E-state index is 1.02. The topological polar surface area (TPSA) is 27.7 Å². The molecule has 4 heteroatoms. The van der Waals surface area contributed by atoms with Crippen LogP contribution in [-0.2, 0) is 13.9 Å². The summed E-state index contributed by atoms with van der Waals surface area (Å²) in [6.45, 7) is 4.12. The van der Waals surface area contributed by atoms with E-state index in [1.54, 1.807) is 7.11 Å². The molecule has 0 unspecified atom stereocenters. The molecule has 0 saturated carbocycles. The van der Waals surface area contributed by atoms with Crippen LogP contribution in [0.1, 0.15) is 11.1 Å². The molecule has 2 rings (SSSR count). The van der Waals surface area contributed by atoms with Gasteiger partial charge in [-0.25, -0.2) is 9.46 Å². The van der Waals surface area contributed by atoms with E-state index in [-0.39, 0.29) is 0 Å². The summed E-state index contributed by atoms with van der Waals surface area (Å²) in [5.74, 6) is 0. The second-order valence-corrected chi connectivity index (χ2v) is 7.77. The summed E-state index contributed by atoms with van der Waals surface area (Å²) in [4.78, 5) is 5.00. The van der Waals surface area contributed by atoms with E-state index in [2.05, 4.69) is 38.1 Å². The van der Waals surface area contributed by atoms with Crippen molar-refractivity contribution in [1.82, 2.24) is 0 Å². The SMILES string of the molecule is COO[Si](OC)(c1ccc(C)cc1)c1ccc(C)cc1. The summed E-state index contributed by atoms with van der Waals surface area (Å²) in [5, 5.41) is 2.05. The van der Waals surface area contributed by atoms with Crippen molar-refractivity contribution in [3.63, 3.8) is 0 Å². The van der Waals surface area contributed by atoms with Crippen LogP contribution in [-0.4, -0.2) is 22.8 Å². The molecule has 0 fully saturated rings. The molecule has 0 atom stereocenters. The Morgan fingerprint density at radius 2 is 1.10 bits per heavy atom. The zero-order chi connectivity index (χ0) is 14.6. The van der Waals surface area contributed by atoms with E-state index in [4.69, 9.17) is 13.9 Å². The Kier molecular flexibility index (Phi) is 4.72. The number of benzene rings is 2. The summed E-state index contributed by atoms with van der Waals surface area (Å²) in [5.41, 5.74) is 2.41. The molecule has 0 N–H and O–H groups in total. The van der Waals surface area contributed by atoms with Gasteiger partial charge in [0, 0.05) is 17.5 Å². The summed E-state index contributed by atoms with van der Waals surface area (Å²) in [7, 11) is 0.399. The Hall–Kier alpha value is -1.46. The van der Waals surface area contributed by atoms with Gasteiger partial charge in [0.05, 0.1) is 7.11 Å². The molecule has 0 aliphatic carbocycles. The van der Waals surface area contributed by atoms with Gasteiger partial charge in [-0.15, -0.1) is 0 Å². The molecule has 0 aliphatic rings. The first kappa shape index (κ1) is 14.9. The quantitative estimate of drug-likeness (QED) is 0.479. The monoisotopic (exact) mass is 288 g/mol. The van der Waals surface area contributed by atoms with Gasteiger partial charge in [0.1, 0.15) is 0 Å². The van der Waals surface area contributed by atoms with Crippen molar-refractivity contribution in [2.24, 2.45) is 0 Å². The highest BCUT2D eigenvalue weighted by atomic mass is 28.4. The van der Waals surface area contributed by atoms with E-state index in [1.807, 2.05) is 24.3 Å². The molecule has 20 heavy (non-hydrogen) atoms. The van der Waals surface area contributed by atoms with Crippen molar-refractivity contribution in [3.8, 4) is 0 Å². The molecule has 0 aromatic heterocycles. The Balaban J connectivity index is 2.54. The first-order chi connectivity index (χ1) is 9.62. The molecule has 3 nitrogen and oxygen atoms in total. The predicted octanol–water partition coefficient (Wildman–Crippen LogP) is 2.08. The fourth-order valence-electron chi connectivity index (χ4n) is 2.20. The zero-order valence-corrected chi connectivity index (χ0v) is 13.3. The maximum atomic E-state index is 5.82. The molecule has 106 valence electrons. The van der Waals surface area contributed by atoms with Gasteiger partial charge in [-0.1, -0.05) is 59.7 Å². The molecule has 0 spiro atoms. The molecule has 0 amide bonds. The van der Waals surface area contributed by atoms with Gasteiger partial charge in [0.25, 0.3) is 0 Å². The molecule has 0 heterocycles. The number of hydrogen-bond acceptors (Lipinski definition) is 3. The van der Waals surface area contributed by atoms with Gasteiger partial charge in [0.15, 0.2) is 0 Å². The number of rotatable bonds is 5. The molecular weight excluding hydrogens is 268 g/mol. The highest BCUT2D eigenvalue weighted by molar-refractivity contribution is 6.92.